The van der Waals surface area contributed by atoms with Crippen LogP contribution in [0.15, 0.2) is 48.5 Å². The molecule has 0 spiro atoms. The third kappa shape index (κ3) is 2.84. The number of methoxy groups -OCH3 is 1. The molecule has 0 radical (unpaired) electrons. The summed E-state index contributed by atoms with van der Waals surface area (Å²) in [7, 11) is 1.66. The molecule has 2 aromatic carbocycles. The van der Waals surface area contributed by atoms with Crippen LogP contribution in [-0.2, 0) is 4.74 Å². The Balaban J connectivity index is 2.10. The van der Waals surface area contributed by atoms with E-state index in [0.29, 0.717) is 24.5 Å². The molecular weight excluding hydrogens is 278 g/mol. The average molecular weight is 295 g/mol. The van der Waals surface area contributed by atoms with Crippen LogP contribution in [0.4, 0.5) is 5.82 Å². The lowest BCUT2D eigenvalue weighted by molar-refractivity contribution is 0.210. The standard InChI is InChI=1S/C17H17N3O2/c1-22-11-10-18-16-12-6-2-4-8-14(12)19-17(20-16)13-7-3-5-9-15(13)21/h2-9,21H,10-11H2,1H3,(H,18,19,20). The Hall–Kier alpha value is -2.66. The lowest BCUT2D eigenvalue weighted by atomic mass is 10.1. The number of ether oxygens (including phenoxy) is 1. The van der Waals surface area contributed by atoms with Crippen molar-refractivity contribution in [1.29, 1.82) is 0 Å². The highest BCUT2D eigenvalue weighted by atomic mass is 16.5. The van der Waals surface area contributed by atoms with Crippen LogP contribution in [0.3, 0.4) is 0 Å². The van der Waals surface area contributed by atoms with E-state index in [0.717, 1.165) is 16.7 Å². The second kappa shape index (κ2) is 6.41. The van der Waals surface area contributed by atoms with Gasteiger partial charge < -0.3 is 15.2 Å². The summed E-state index contributed by atoms with van der Waals surface area (Å²) < 4.78 is 5.06. The van der Waals surface area contributed by atoms with Gasteiger partial charge in [-0.3, -0.25) is 0 Å². The highest BCUT2D eigenvalue weighted by Gasteiger charge is 2.11. The van der Waals surface area contributed by atoms with Crippen LogP contribution >= 0.6 is 0 Å². The highest BCUT2D eigenvalue weighted by Crippen LogP contribution is 2.29. The summed E-state index contributed by atoms with van der Waals surface area (Å²) in [6.45, 7) is 1.24. The van der Waals surface area contributed by atoms with E-state index in [-0.39, 0.29) is 5.75 Å². The average Bonchev–Trinajstić information content (AvgIpc) is 2.55. The minimum absolute atomic E-state index is 0.167. The summed E-state index contributed by atoms with van der Waals surface area (Å²) in [6, 6.07) is 14.9. The first-order chi connectivity index (χ1) is 10.8. The van der Waals surface area contributed by atoms with Crippen LogP contribution < -0.4 is 5.32 Å². The van der Waals surface area contributed by atoms with Crippen molar-refractivity contribution in [2.75, 3.05) is 25.6 Å². The Morgan fingerprint density at radius 3 is 2.64 bits per heavy atom. The summed E-state index contributed by atoms with van der Waals surface area (Å²) in [5, 5.41) is 14.2. The van der Waals surface area contributed by atoms with Crippen LogP contribution in [0.1, 0.15) is 0 Å². The van der Waals surface area contributed by atoms with Gasteiger partial charge in [0.15, 0.2) is 5.82 Å². The molecule has 0 aliphatic heterocycles. The van der Waals surface area contributed by atoms with E-state index in [4.69, 9.17) is 4.74 Å². The molecule has 3 rings (SSSR count). The molecule has 0 saturated heterocycles. The number of anilines is 1. The normalized spacial score (nSPS) is 10.8. The number of nitrogens with zero attached hydrogens (tertiary/aromatic N) is 2. The van der Waals surface area contributed by atoms with Crippen molar-refractivity contribution in [1.82, 2.24) is 9.97 Å². The lowest BCUT2D eigenvalue weighted by Crippen LogP contribution is -2.10. The molecule has 0 unspecified atom stereocenters. The molecule has 22 heavy (non-hydrogen) atoms. The van der Waals surface area contributed by atoms with E-state index < -0.39 is 0 Å². The Kier molecular flexibility index (Phi) is 4.16. The van der Waals surface area contributed by atoms with E-state index in [1.54, 1.807) is 25.3 Å². The minimum Gasteiger partial charge on any atom is -0.507 e. The van der Waals surface area contributed by atoms with Gasteiger partial charge in [-0.25, -0.2) is 9.97 Å². The fourth-order valence-electron chi connectivity index (χ4n) is 2.27. The van der Waals surface area contributed by atoms with Crippen LogP contribution in [0.25, 0.3) is 22.3 Å². The number of benzene rings is 2. The maximum Gasteiger partial charge on any atom is 0.165 e. The summed E-state index contributed by atoms with van der Waals surface area (Å²) in [4.78, 5) is 9.12. The molecule has 112 valence electrons. The second-order valence-corrected chi connectivity index (χ2v) is 4.85. The number of hydrogen-bond donors (Lipinski definition) is 2. The number of aromatic hydroxyl groups is 1. The molecule has 0 aliphatic rings. The fourth-order valence-corrected chi connectivity index (χ4v) is 2.27. The van der Waals surface area contributed by atoms with Crippen molar-refractivity contribution < 1.29 is 9.84 Å². The first-order valence-corrected chi connectivity index (χ1v) is 7.07. The molecule has 1 aromatic heterocycles. The van der Waals surface area contributed by atoms with Gasteiger partial charge in [0, 0.05) is 19.0 Å². The number of aromatic nitrogens is 2. The van der Waals surface area contributed by atoms with E-state index >= 15 is 0 Å². The van der Waals surface area contributed by atoms with Crippen LogP contribution in [0.2, 0.25) is 0 Å². The second-order valence-electron chi connectivity index (χ2n) is 4.85. The number of nitrogens with one attached hydrogen (secondary N) is 1. The molecule has 3 aromatic rings. The summed E-state index contributed by atoms with van der Waals surface area (Å²) in [5.74, 6) is 1.40. The maximum absolute atomic E-state index is 10.0. The fraction of sp³-hybridized carbons (Fsp3) is 0.176. The largest absolute Gasteiger partial charge is 0.507 e. The van der Waals surface area contributed by atoms with Crippen molar-refractivity contribution in [2.45, 2.75) is 0 Å². The van der Waals surface area contributed by atoms with Crippen LogP contribution in [0, 0.1) is 0 Å². The Labute approximate surface area is 128 Å². The molecule has 0 bridgehead atoms. The van der Waals surface area contributed by atoms with Crippen LogP contribution in [-0.4, -0.2) is 35.3 Å². The zero-order valence-corrected chi connectivity index (χ0v) is 12.3. The van der Waals surface area contributed by atoms with E-state index in [9.17, 15) is 5.11 Å². The van der Waals surface area contributed by atoms with Gasteiger partial charge in [-0.05, 0) is 24.3 Å². The molecule has 5 heteroatoms. The Morgan fingerprint density at radius 2 is 1.82 bits per heavy atom. The van der Waals surface area contributed by atoms with E-state index in [2.05, 4.69) is 15.3 Å². The van der Waals surface area contributed by atoms with Gasteiger partial charge in [0.2, 0.25) is 0 Å². The molecule has 0 amide bonds. The van der Waals surface area contributed by atoms with Gasteiger partial charge in [-0.15, -0.1) is 0 Å². The maximum atomic E-state index is 10.0. The molecule has 1 heterocycles. The zero-order chi connectivity index (χ0) is 15.4. The summed E-state index contributed by atoms with van der Waals surface area (Å²) >= 11 is 0. The van der Waals surface area contributed by atoms with Gasteiger partial charge in [0.25, 0.3) is 0 Å². The molecule has 0 fully saturated rings. The van der Waals surface area contributed by atoms with Crippen molar-refractivity contribution >= 4 is 16.7 Å². The zero-order valence-electron chi connectivity index (χ0n) is 12.3. The topological polar surface area (TPSA) is 67.3 Å². The first-order valence-electron chi connectivity index (χ1n) is 7.07. The number of para-hydroxylation sites is 2. The monoisotopic (exact) mass is 295 g/mol. The predicted octanol–water partition coefficient (Wildman–Crippen LogP) is 3.06. The third-order valence-corrected chi connectivity index (χ3v) is 3.35. The minimum atomic E-state index is 0.167. The summed E-state index contributed by atoms with van der Waals surface area (Å²) in [6.07, 6.45) is 0. The SMILES string of the molecule is COCCNc1nc(-c2ccccc2O)nc2ccccc12. The number of fused-ring (bicyclic) bond motifs is 1. The molecule has 5 nitrogen and oxygen atoms in total. The molecule has 0 atom stereocenters. The Morgan fingerprint density at radius 1 is 1.05 bits per heavy atom. The Bertz CT molecular complexity index is 790. The highest BCUT2D eigenvalue weighted by molar-refractivity contribution is 5.90. The predicted molar refractivity (Wildman–Crippen MR) is 87.0 cm³/mol. The quantitative estimate of drug-likeness (QED) is 0.708. The van der Waals surface area contributed by atoms with Crippen molar-refractivity contribution in [3.05, 3.63) is 48.5 Å². The molecule has 0 saturated carbocycles. The first kappa shape index (κ1) is 14.3. The number of rotatable bonds is 5. The van der Waals surface area contributed by atoms with Crippen molar-refractivity contribution in [3.8, 4) is 17.1 Å². The number of phenolic OH excluding ortho intramolecular Hbond substituents is 1. The van der Waals surface area contributed by atoms with Gasteiger partial charge in [0.05, 0.1) is 17.7 Å². The summed E-state index contributed by atoms with van der Waals surface area (Å²) in [5.41, 5.74) is 1.44. The van der Waals surface area contributed by atoms with E-state index in [1.807, 2.05) is 30.3 Å². The van der Waals surface area contributed by atoms with Gasteiger partial charge >= 0.3 is 0 Å². The third-order valence-electron chi connectivity index (χ3n) is 3.35. The smallest absolute Gasteiger partial charge is 0.165 e. The van der Waals surface area contributed by atoms with Crippen molar-refractivity contribution in [2.24, 2.45) is 0 Å². The molecule has 0 aliphatic carbocycles. The lowest BCUT2D eigenvalue weighted by Gasteiger charge is -2.11. The van der Waals surface area contributed by atoms with Crippen molar-refractivity contribution in [3.63, 3.8) is 0 Å². The molecular formula is C17H17N3O2. The van der Waals surface area contributed by atoms with E-state index in [1.165, 1.54) is 0 Å². The number of phenols is 1. The number of hydrogen-bond acceptors (Lipinski definition) is 5. The van der Waals surface area contributed by atoms with Crippen LogP contribution in [0.5, 0.6) is 5.75 Å². The van der Waals surface area contributed by atoms with Gasteiger partial charge in [0.1, 0.15) is 11.6 Å². The van der Waals surface area contributed by atoms with Gasteiger partial charge in [-0.2, -0.15) is 0 Å². The molecule has 2 N–H and O–H groups in total. The van der Waals surface area contributed by atoms with Gasteiger partial charge in [-0.1, -0.05) is 24.3 Å².